The molecule has 2 aliphatic rings. The number of nitrogens with one attached hydrogen (secondary N) is 1. The zero-order valence-corrected chi connectivity index (χ0v) is 13.3. The Kier molecular flexibility index (Phi) is 4.81. The zero-order chi connectivity index (χ0) is 14.7. The minimum Gasteiger partial charge on any atom is -0.494 e. The predicted molar refractivity (Wildman–Crippen MR) is 86.6 cm³/mol. The van der Waals surface area contributed by atoms with Gasteiger partial charge in [0, 0.05) is 18.6 Å². The highest BCUT2D eigenvalue weighted by molar-refractivity contribution is 5.27. The molecule has 116 valence electrons. The molecule has 0 radical (unpaired) electrons. The number of hydrogen-bond acceptors (Lipinski definition) is 3. The van der Waals surface area contributed by atoms with Gasteiger partial charge in [0.15, 0.2) is 0 Å². The third-order valence-electron chi connectivity index (χ3n) is 5.19. The van der Waals surface area contributed by atoms with E-state index >= 15 is 0 Å². The fourth-order valence-corrected chi connectivity index (χ4v) is 3.98. The summed E-state index contributed by atoms with van der Waals surface area (Å²) in [4.78, 5) is 2.61. The van der Waals surface area contributed by atoms with Crippen LogP contribution in [0.25, 0.3) is 0 Å². The van der Waals surface area contributed by atoms with Crippen molar-refractivity contribution in [3.05, 3.63) is 29.8 Å². The molecule has 2 aliphatic heterocycles. The summed E-state index contributed by atoms with van der Waals surface area (Å²) in [6.07, 6.45) is 5.58. The average Bonchev–Trinajstić information content (AvgIpc) is 2.72. The van der Waals surface area contributed by atoms with Gasteiger partial charge < -0.3 is 15.0 Å². The summed E-state index contributed by atoms with van der Waals surface area (Å²) in [5.74, 6) is 1.83. The largest absolute Gasteiger partial charge is 0.494 e. The highest BCUT2D eigenvalue weighted by atomic mass is 16.5. The van der Waals surface area contributed by atoms with Gasteiger partial charge in [-0.2, -0.15) is 0 Å². The summed E-state index contributed by atoms with van der Waals surface area (Å²) in [5.41, 5.74) is 1.34. The van der Waals surface area contributed by atoms with Crippen LogP contribution in [-0.2, 0) is 6.54 Å². The molecule has 21 heavy (non-hydrogen) atoms. The molecular formula is C18H28N2O. The summed E-state index contributed by atoms with van der Waals surface area (Å²) < 4.78 is 5.48. The fourth-order valence-electron chi connectivity index (χ4n) is 3.98. The van der Waals surface area contributed by atoms with Crippen LogP contribution in [0.15, 0.2) is 24.3 Å². The van der Waals surface area contributed by atoms with Gasteiger partial charge in [0.05, 0.1) is 6.61 Å². The van der Waals surface area contributed by atoms with E-state index in [0.29, 0.717) is 0 Å². The van der Waals surface area contributed by atoms with Crippen LogP contribution in [0, 0.1) is 5.92 Å². The Labute approximate surface area is 128 Å². The van der Waals surface area contributed by atoms with Gasteiger partial charge in [0.1, 0.15) is 5.75 Å². The molecule has 0 aliphatic carbocycles. The topological polar surface area (TPSA) is 24.5 Å². The highest BCUT2D eigenvalue weighted by Gasteiger charge is 2.37. The predicted octanol–water partition coefficient (Wildman–Crippen LogP) is 3.05. The number of nitrogens with zero attached hydrogens (tertiary/aromatic N) is 1. The van der Waals surface area contributed by atoms with Gasteiger partial charge in [-0.25, -0.2) is 0 Å². The number of benzene rings is 1. The number of fused-ring (bicyclic) bond motifs is 2. The molecule has 2 atom stereocenters. The second kappa shape index (κ2) is 6.80. The Hall–Kier alpha value is -1.06. The van der Waals surface area contributed by atoms with Crippen molar-refractivity contribution in [2.24, 2.45) is 5.92 Å². The first-order valence-corrected chi connectivity index (χ1v) is 8.40. The highest BCUT2D eigenvalue weighted by Crippen LogP contribution is 2.37. The molecule has 0 aromatic heterocycles. The van der Waals surface area contributed by atoms with E-state index in [-0.39, 0.29) is 0 Å². The van der Waals surface area contributed by atoms with Gasteiger partial charge in [-0.05, 0) is 69.8 Å². The molecule has 0 spiro atoms. The van der Waals surface area contributed by atoms with Crippen molar-refractivity contribution in [1.82, 2.24) is 10.2 Å². The number of rotatable bonds is 6. The second-order valence-corrected chi connectivity index (χ2v) is 6.60. The molecule has 1 aromatic rings. The van der Waals surface area contributed by atoms with Crippen LogP contribution in [0.3, 0.4) is 0 Å². The van der Waals surface area contributed by atoms with E-state index in [0.717, 1.165) is 43.4 Å². The summed E-state index contributed by atoms with van der Waals surface area (Å²) in [7, 11) is 2.31. The van der Waals surface area contributed by atoms with Crippen molar-refractivity contribution < 1.29 is 4.74 Å². The molecule has 3 heteroatoms. The van der Waals surface area contributed by atoms with Crippen LogP contribution in [0.5, 0.6) is 5.75 Å². The Morgan fingerprint density at radius 1 is 1.14 bits per heavy atom. The summed E-state index contributed by atoms with van der Waals surface area (Å²) in [6, 6.07) is 10.2. The fraction of sp³-hybridized carbons (Fsp3) is 0.667. The van der Waals surface area contributed by atoms with Crippen LogP contribution in [-0.4, -0.2) is 37.2 Å². The van der Waals surface area contributed by atoms with E-state index in [2.05, 4.69) is 41.5 Å². The molecule has 0 saturated carbocycles. The first-order chi connectivity index (χ1) is 10.3. The van der Waals surface area contributed by atoms with Crippen LogP contribution in [0.4, 0.5) is 0 Å². The van der Waals surface area contributed by atoms with E-state index in [1.807, 2.05) is 6.92 Å². The maximum Gasteiger partial charge on any atom is 0.119 e. The van der Waals surface area contributed by atoms with E-state index in [9.17, 15) is 0 Å². The first-order valence-electron chi connectivity index (χ1n) is 8.40. The first kappa shape index (κ1) is 14.9. The van der Waals surface area contributed by atoms with Gasteiger partial charge in [0.2, 0.25) is 0 Å². The molecule has 3 rings (SSSR count). The maximum atomic E-state index is 5.48. The average molecular weight is 288 g/mol. The lowest BCUT2D eigenvalue weighted by molar-refractivity contribution is 0.133. The van der Waals surface area contributed by atoms with Crippen LogP contribution in [0.2, 0.25) is 0 Å². The van der Waals surface area contributed by atoms with Crippen molar-refractivity contribution >= 4 is 0 Å². The molecule has 2 unspecified atom stereocenters. The summed E-state index contributed by atoms with van der Waals surface area (Å²) in [5, 5.41) is 3.65. The Balaban J connectivity index is 1.42. The molecule has 1 N–H and O–H groups in total. The lowest BCUT2D eigenvalue weighted by Crippen LogP contribution is -2.42. The number of piperidine rings is 1. The molecule has 2 bridgehead atoms. The van der Waals surface area contributed by atoms with Crippen molar-refractivity contribution in [3.63, 3.8) is 0 Å². The van der Waals surface area contributed by atoms with E-state index < -0.39 is 0 Å². The van der Waals surface area contributed by atoms with E-state index in [1.54, 1.807) is 0 Å². The molecule has 2 heterocycles. The Morgan fingerprint density at radius 2 is 1.81 bits per heavy atom. The summed E-state index contributed by atoms with van der Waals surface area (Å²) >= 11 is 0. The van der Waals surface area contributed by atoms with Gasteiger partial charge in [0.25, 0.3) is 0 Å². The van der Waals surface area contributed by atoms with Crippen molar-refractivity contribution in [2.45, 2.75) is 51.2 Å². The smallest absolute Gasteiger partial charge is 0.119 e. The second-order valence-electron chi connectivity index (χ2n) is 6.60. The lowest BCUT2D eigenvalue weighted by atomic mass is 9.91. The SMILES string of the molecule is CCOc1ccc(CNCC2CC3CCC(C2)N3C)cc1. The van der Waals surface area contributed by atoms with Crippen LogP contribution in [0.1, 0.15) is 38.2 Å². The van der Waals surface area contributed by atoms with Gasteiger partial charge >= 0.3 is 0 Å². The van der Waals surface area contributed by atoms with Crippen molar-refractivity contribution in [3.8, 4) is 5.75 Å². The molecule has 3 nitrogen and oxygen atoms in total. The van der Waals surface area contributed by atoms with Gasteiger partial charge in [-0.15, -0.1) is 0 Å². The lowest BCUT2D eigenvalue weighted by Gasteiger charge is -2.36. The maximum absolute atomic E-state index is 5.48. The normalized spacial score (nSPS) is 28.8. The monoisotopic (exact) mass is 288 g/mol. The minimum absolute atomic E-state index is 0.732. The molecule has 1 aromatic carbocycles. The van der Waals surface area contributed by atoms with Crippen LogP contribution < -0.4 is 10.1 Å². The molecule has 2 saturated heterocycles. The Bertz CT molecular complexity index is 431. The summed E-state index contributed by atoms with van der Waals surface area (Å²) in [6.45, 7) is 4.88. The molecule has 2 fully saturated rings. The van der Waals surface area contributed by atoms with E-state index in [1.165, 1.54) is 31.2 Å². The molecular weight excluding hydrogens is 260 g/mol. The van der Waals surface area contributed by atoms with Crippen LogP contribution >= 0.6 is 0 Å². The van der Waals surface area contributed by atoms with Gasteiger partial charge in [-0.1, -0.05) is 12.1 Å². The Morgan fingerprint density at radius 3 is 2.43 bits per heavy atom. The van der Waals surface area contributed by atoms with Crippen molar-refractivity contribution in [2.75, 3.05) is 20.2 Å². The minimum atomic E-state index is 0.732. The van der Waals surface area contributed by atoms with E-state index in [4.69, 9.17) is 4.74 Å². The third-order valence-corrected chi connectivity index (χ3v) is 5.19. The van der Waals surface area contributed by atoms with Crippen molar-refractivity contribution in [1.29, 1.82) is 0 Å². The van der Waals surface area contributed by atoms with Gasteiger partial charge in [-0.3, -0.25) is 0 Å². The third kappa shape index (κ3) is 3.58. The number of ether oxygens (including phenoxy) is 1. The molecule has 0 amide bonds. The quantitative estimate of drug-likeness (QED) is 0.871. The number of hydrogen-bond donors (Lipinski definition) is 1. The standard InChI is InChI=1S/C18H28N2O/c1-3-21-18-8-4-14(5-9-18)12-19-13-15-10-16-6-7-17(11-15)20(16)2/h4-5,8-9,15-17,19H,3,6-7,10-13H2,1-2H3. The zero-order valence-electron chi connectivity index (χ0n) is 13.3.